The zero-order valence-electron chi connectivity index (χ0n) is 16.7. The van der Waals surface area contributed by atoms with Crippen molar-refractivity contribution in [1.82, 2.24) is 19.5 Å². The summed E-state index contributed by atoms with van der Waals surface area (Å²) in [5, 5.41) is 7.34. The van der Waals surface area contributed by atoms with E-state index >= 15 is 0 Å². The monoisotopic (exact) mass is 416 g/mol. The quantitative estimate of drug-likeness (QED) is 0.521. The van der Waals surface area contributed by atoms with Crippen LogP contribution in [0.3, 0.4) is 0 Å². The number of aromatic nitrogens is 3. The fraction of sp³-hybridized carbons (Fsp3) is 0.174. The summed E-state index contributed by atoms with van der Waals surface area (Å²) in [6.45, 7) is 0.664. The van der Waals surface area contributed by atoms with Crippen molar-refractivity contribution in [3.8, 4) is 22.8 Å². The first-order valence-corrected chi connectivity index (χ1v) is 9.97. The van der Waals surface area contributed by atoms with E-state index in [1.807, 2.05) is 48.5 Å². The van der Waals surface area contributed by atoms with E-state index in [4.69, 9.17) is 9.47 Å². The summed E-state index contributed by atoms with van der Waals surface area (Å²) >= 11 is 0. The first kappa shape index (κ1) is 18.9. The molecule has 0 unspecified atom stereocenters. The Morgan fingerprint density at radius 1 is 1.03 bits per heavy atom. The molecule has 0 aliphatic carbocycles. The van der Waals surface area contributed by atoms with Crippen LogP contribution in [0.25, 0.3) is 16.8 Å². The molecule has 8 nitrogen and oxygen atoms in total. The van der Waals surface area contributed by atoms with Crippen LogP contribution >= 0.6 is 0 Å². The van der Waals surface area contributed by atoms with Crippen molar-refractivity contribution in [2.45, 2.75) is 13.0 Å². The van der Waals surface area contributed by atoms with E-state index in [1.54, 1.807) is 18.5 Å². The van der Waals surface area contributed by atoms with E-state index < -0.39 is 0 Å². The van der Waals surface area contributed by atoms with Crippen LogP contribution in [0.1, 0.15) is 5.56 Å². The van der Waals surface area contributed by atoms with Gasteiger partial charge in [0, 0.05) is 24.5 Å². The summed E-state index contributed by atoms with van der Waals surface area (Å²) in [5.74, 6) is 1.13. The van der Waals surface area contributed by atoms with Gasteiger partial charge in [-0.3, -0.25) is 9.59 Å². The van der Waals surface area contributed by atoms with Crippen LogP contribution in [-0.4, -0.2) is 33.4 Å². The van der Waals surface area contributed by atoms with Crippen molar-refractivity contribution in [2.75, 3.05) is 13.3 Å². The predicted molar refractivity (Wildman–Crippen MR) is 114 cm³/mol. The molecule has 5 rings (SSSR count). The van der Waals surface area contributed by atoms with Crippen molar-refractivity contribution in [1.29, 1.82) is 0 Å². The average Bonchev–Trinajstić information content (AvgIpc) is 3.43. The predicted octanol–water partition coefficient (Wildman–Crippen LogP) is 2.25. The molecule has 1 amide bonds. The van der Waals surface area contributed by atoms with Crippen LogP contribution in [0, 0.1) is 0 Å². The first-order valence-electron chi connectivity index (χ1n) is 9.97. The lowest BCUT2D eigenvalue weighted by molar-refractivity contribution is -0.121. The smallest absolute Gasteiger partial charge is 0.277 e. The number of nitrogens with zero attached hydrogens (tertiary/aromatic N) is 3. The van der Waals surface area contributed by atoms with Gasteiger partial charge in [0.2, 0.25) is 12.7 Å². The van der Waals surface area contributed by atoms with Gasteiger partial charge in [0.15, 0.2) is 11.5 Å². The third-order valence-corrected chi connectivity index (χ3v) is 5.16. The second-order valence-corrected chi connectivity index (χ2v) is 7.24. The molecule has 1 aliphatic rings. The Hall–Kier alpha value is -4.07. The molecule has 8 heteroatoms. The number of hydrogen-bond donors (Lipinski definition) is 1. The Balaban J connectivity index is 1.30. The summed E-state index contributed by atoms with van der Waals surface area (Å²) in [7, 11) is 0. The van der Waals surface area contributed by atoms with Crippen molar-refractivity contribution >= 4 is 11.4 Å². The zero-order valence-corrected chi connectivity index (χ0v) is 16.7. The summed E-state index contributed by atoms with van der Waals surface area (Å²) in [4.78, 5) is 25.2. The second kappa shape index (κ2) is 7.98. The number of benzene rings is 2. The fourth-order valence-electron chi connectivity index (χ4n) is 3.55. The van der Waals surface area contributed by atoms with Gasteiger partial charge >= 0.3 is 0 Å². The van der Waals surface area contributed by atoms with Gasteiger partial charge in [-0.2, -0.15) is 5.10 Å². The number of fused-ring (bicyclic) bond motifs is 2. The van der Waals surface area contributed by atoms with Crippen molar-refractivity contribution in [3.63, 3.8) is 0 Å². The van der Waals surface area contributed by atoms with Crippen molar-refractivity contribution < 1.29 is 14.3 Å². The Morgan fingerprint density at radius 2 is 1.87 bits per heavy atom. The Kier molecular flexibility index (Phi) is 4.87. The highest BCUT2D eigenvalue weighted by atomic mass is 16.7. The molecule has 0 saturated heterocycles. The van der Waals surface area contributed by atoms with E-state index in [0.717, 1.165) is 17.5 Å². The topological polar surface area (TPSA) is 86.9 Å². The van der Waals surface area contributed by atoms with Gasteiger partial charge in [0.05, 0.1) is 5.69 Å². The Bertz CT molecular complexity index is 1310. The molecule has 0 bridgehead atoms. The van der Waals surface area contributed by atoms with Crippen LogP contribution in [-0.2, 0) is 17.8 Å². The molecule has 4 aromatic rings. The number of amides is 1. The van der Waals surface area contributed by atoms with Gasteiger partial charge in [-0.15, -0.1) is 0 Å². The molecule has 31 heavy (non-hydrogen) atoms. The molecule has 2 aromatic carbocycles. The Morgan fingerprint density at radius 3 is 2.74 bits per heavy atom. The second-order valence-electron chi connectivity index (χ2n) is 7.24. The summed E-state index contributed by atoms with van der Waals surface area (Å²) in [6, 6.07) is 17.2. The third-order valence-electron chi connectivity index (χ3n) is 5.16. The molecule has 2 aromatic heterocycles. The highest BCUT2D eigenvalue weighted by Gasteiger charge is 2.16. The highest BCUT2D eigenvalue weighted by molar-refractivity contribution is 5.76. The number of rotatable bonds is 6. The van der Waals surface area contributed by atoms with Crippen LogP contribution < -0.4 is 20.3 Å². The van der Waals surface area contributed by atoms with Crippen molar-refractivity contribution in [3.05, 3.63) is 82.9 Å². The zero-order chi connectivity index (χ0) is 21.2. The molecule has 0 fully saturated rings. The van der Waals surface area contributed by atoms with E-state index in [0.29, 0.717) is 29.3 Å². The van der Waals surface area contributed by atoms with Crippen LogP contribution in [0.5, 0.6) is 11.5 Å². The van der Waals surface area contributed by atoms with E-state index in [9.17, 15) is 9.59 Å². The minimum atomic E-state index is -0.278. The van der Waals surface area contributed by atoms with Gasteiger partial charge in [0.25, 0.3) is 5.56 Å². The molecule has 0 saturated carbocycles. The normalized spacial score (nSPS) is 12.3. The van der Waals surface area contributed by atoms with Gasteiger partial charge < -0.3 is 19.4 Å². The number of carbonyl (C=O) groups is 1. The molecule has 3 heterocycles. The standard InChI is InChI=1S/C23H20N4O4/c28-22(24-9-8-16-4-2-1-3-5-16)14-26-10-11-27-19(23(26)29)13-18(25-27)17-6-7-20-21(12-17)31-15-30-20/h1-7,10-13H,8-9,14-15H2,(H,24,28). The maximum atomic E-state index is 12.9. The average molecular weight is 416 g/mol. The van der Waals surface area contributed by atoms with Crippen LogP contribution in [0.2, 0.25) is 0 Å². The first-order chi connectivity index (χ1) is 15.2. The minimum Gasteiger partial charge on any atom is -0.454 e. The van der Waals surface area contributed by atoms with Crippen LogP contribution in [0.4, 0.5) is 0 Å². The van der Waals surface area contributed by atoms with Gasteiger partial charge in [0.1, 0.15) is 12.1 Å². The molecule has 1 N–H and O–H groups in total. The minimum absolute atomic E-state index is 0.0470. The van der Waals surface area contributed by atoms with Crippen molar-refractivity contribution in [2.24, 2.45) is 0 Å². The fourth-order valence-corrected chi connectivity index (χ4v) is 3.55. The summed E-state index contributed by atoms with van der Waals surface area (Å²) < 4.78 is 13.7. The molecule has 0 radical (unpaired) electrons. The number of hydrogen-bond acceptors (Lipinski definition) is 5. The number of ether oxygens (including phenoxy) is 2. The van der Waals surface area contributed by atoms with E-state index in [-0.39, 0.29) is 24.8 Å². The number of carbonyl (C=O) groups excluding carboxylic acids is 1. The van der Waals surface area contributed by atoms with E-state index in [2.05, 4.69) is 10.4 Å². The lowest BCUT2D eigenvalue weighted by Crippen LogP contribution is -2.33. The van der Waals surface area contributed by atoms with E-state index in [1.165, 1.54) is 9.08 Å². The molecule has 156 valence electrons. The van der Waals surface area contributed by atoms with Gasteiger partial charge in [-0.05, 0) is 36.2 Å². The molecular formula is C23H20N4O4. The SMILES string of the molecule is O=C(Cn1ccn2nc(-c3ccc4c(c3)OCO4)cc2c1=O)NCCc1ccccc1. The van der Waals surface area contributed by atoms with Gasteiger partial charge in [-0.1, -0.05) is 30.3 Å². The summed E-state index contributed by atoms with van der Waals surface area (Å²) in [6.07, 6.45) is 3.98. The molecular weight excluding hydrogens is 396 g/mol. The van der Waals surface area contributed by atoms with Crippen LogP contribution in [0.15, 0.2) is 71.8 Å². The van der Waals surface area contributed by atoms with Gasteiger partial charge in [-0.25, -0.2) is 4.52 Å². The Labute approximate surface area is 177 Å². The third kappa shape index (κ3) is 3.87. The largest absolute Gasteiger partial charge is 0.454 e. The molecule has 0 atom stereocenters. The molecule has 0 spiro atoms. The lowest BCUT2D eigenvalue weighted by Gasteiger charge is -2.07. The maximum Gasteiger partial charge on any atom is 0.277 e. The lowest BCUT2D eigenvalue weighted by atomic mass is 10.1. The maximum absolute atomic E-state index is 12.9. The molecule has 1 aliphatic heterocycles. The number of nitrogens with one attached hydrogen (secondary N) is 1. The highest BCUT2D eigenvalue weighted by Crippen LogP contribution is 2.35. The summed E-state index contributed by atoms with van der Waals surface area (Å²) in [5.41, 5.74) is 2.72.